The summed E-state index contributed by atoms with van der Waals surface area (Å²) >= 11 is 6.02. The minimum absolute atomic E-state index is 0.116. The zero-order chi connectivity index (χ0) is 20.5. The van der Waals surface area contributed by atoms with Crippen LogP contribution < -0.4 is 4.48 Å². The highest BCUT2D eigenvalue weighted by molar-refractivity contribution is 8.03. The Morgan fingerprint density at radius 3 is 2.64 bits per heavy atom. The van der Waals surface area contributed by atoms with E-state index in [-0.39, 0.29) is 33.4 Å². The van der Waals surface area contributed by atoms with Crippen molar-refractivity contribution in [3.8, 4) is 0 Å². The molecule has 15 heteroatoms. The first-order valence-corrected chi connectivity index (χ1v) is 12.1. The molecule has 11 nitrogen and oxygen atoms in total. The van der Waals surface area contributed by atoms with Crippen LogP contribution in [0.15, 0.2) is 28.1 Å². The molecular weight excluding hydrogens is 454 g/mol. The van der Waals surface area contributed by atoms with Crippen molar-refractivity contribution in [2.75, 3.05) is 18.8 Å². The molecule has 4 heterocycles. The molecule has 0 radical (unpaired) electrons. The third-order valence-electron chi connectivity index (χ3n) is 4.84. The maximum atomic E-state index is 12.8. The number of nitrogens with zero attached hydrogens (tertiary/aromatic N) is 2. The Balaban J connectivity index is 1.78. The van der Waals surface area contributed by atoms with E-state index in [9.17, 15) is 30.7 Å². The summed E-state index contributed by atoms with van der Waals surface area (Å²) in [4.78, 5) is 16.5. The maximum Gasteiger partial charge on any atom is 0.304 e. The summed E-state index contributed by atoms with van der Waals surface area (Å²) < 4.78 is 73.0. The monoisotopic (exact) mass is 466 g/mol. The van der Waals surface area contributed by atoms with Gasteiger partial charge in [-0.3, -0.25) is 9.69 Å². The Hall–Kier alpha value is -1.49. The van der Waals surface area contributed by atoms with Gasteiger partial charge in [0.05, 0.1) is 28.8 Å². The predicted octanol–water partition coefficient (Wildman–Crippen LogP) is -0.439. The molecule has 2 saturated heterocycles. The summed E-state index contributed by atoms with van der Waals surface area (Å²) in [6, 6.07) is 1.63. The van der Waals surface area contributed by atoms with Crippen LogP contribution in [-0.4, -0.2) is 71.1 Å². The van der Waals surface area contributed by atoms with Crippen LogP contribution >= 0.6 is 24.0 Å². The van der Waals surface area contributed by atoms with Crippen molar-refractivity contribution >= 4 is 61.0 Å². The average Bonchev–Trinajstić information content (AvgIpc) is 3.14. The van der Waals surface area contributed by atoms with Gasteiger partial charge < -0.3 is 18.8 Å². The highest BCUT2D eigenvalue weighted by atomic mass is 32.2. The van der Waals surface area contributed by atoms with Gasteiger partial charge in [-0.25, -0.2) is 21.3 Å². The fourth-order valence-corrected chi connectivity index (χ4v) is 6.79. The zero-order valence-electron chi connectivity index (χ0n) is 13.9. The molecule has 4 rings (SSSR count). The second-order valence-corrected chi connectivity index (χ2v) is 10.7. The summed E-state index contributed by atoms with van der Waals surface area (Å²) in [7, 11) is -9.27. The second-order valence-electron chi connectivity index (χ2n) is 6.34. The smallest absolute Gasteiger partial charge is 0.304 e. The normalized spacial score (nSPS) is 29.9. The van der Waals surface area contributed by atoms with E-state index in [1.807, 2.05) is 0 Å². The molecule has 3 aliphatic heterocycles. The van der Waals surface area contributed by atoms with E-state index >= 15 is 0 Å². The first-order valence-electron chi connectivity index (χ1n) is 7.85. The number of carbonyl (C=O) groups excluding carboxylic acids is 1. The summed E-state index contributed by atoms with van der Waals surface area (Å²) in [5.74, 6) is -1.90. The van der Waals surface area contributed by atoms with Gasteiger partial charge >= 0.3 is 5.91 Å². The number of amides is 1. The molecule has 28 heavy (non-hydrogen) atoms. The number of thioether (sulfide) groups is 1. The van der Waals surface area contributed by atoms with Crippen molar-refractivity contribution in [1.82, 2.24) is 14.4 Å². The quantitative estimate of drug-likeness (QED) is 0.267. The standard InChI is InChI=1S/C13H13N3O8S4/c17-11-9(24-13(25)15(11)4-6-27(18,19)20)12-16(5-2-8(16)28(21,22)23)7-1-3-14-10(7)26-12/h1,3,8,14H,2,4-6H2,(H-,18,19,20,21,22,23)/p-1/b12-9+. The molecule has 2 fully saturated rings. The van der Waals surface area contributed by atoms with Crippen LogP contribution in [0.3, 0.4) is 0 Å². The van der Waals surface area contributed by atoms with E-state index in [2.05, 4.69) is 4.98 Å². The number of aromatic amines is 1. The fraction of sp³-hybridized carbons (Fsp3) is 0.385. The molecule has 0 bridgehead atoms. The molecule has 0 saturated carbocycles. The minimum atomic E-state index is -4.69. The first kappa shape index (κ1) is 19.8. The van der Waals surface area contributed by atoms with Crippen LogP contribution in [0.4, 0.5) is 5.69 Å². The van der Waals surface area contributed by atoms with E-state index in [0.29, 0.717) is 10.7 Å². The Morgan fingerprint density at radius 2 is 2.07 bits per heavy atom. The Bertz CT molecular complexity index is 1140. The minimum Gasteiger partial charge on any atom is -0.748 e. The van der Waals surface area contributed by atoms with Crippen molar-refractivity contribution in [1.29, 1.82) is 0 Å². The van der Waals surface area contributed by atoms with Gasteiger partial charge in [-0.05, 0) is 24.0 Å². The number of hydrogen-bond donors (Lipinski definition) is 1. The fourth-order valence-electron chi connectivity index (χ4n) is 3.54. The number of fused-ring (bicyclic) bond motifs is 2. The van der Waals surface area contributed by atoms with Gasteiger partial charge in [0.15, 0.2) is 21.2 Å². The van der Waals surface area contributed by atoms with Crippen LogP contribution in [0, 0.1) is 0 Å². The third kappa shape index (κ3) is 2.89. The van der Waals surface area contributed by atoms with Gasteiger partial charge in [-0.1, -0.05) is 0 Å². The predicted molar refractivity (Wildman–Crippen MR) is 98.4 cm³/mol. The molecule has 0 aromatic carbocycles. The van der Waals surface area contributed by atoms with E-state index in [0.717, 1.165) is 16.7 Å². The number of thiocarbonyl (C=S) groups is 1. The van der Waals surface area contributed by atoms with Gasteiger partial charge in [0.2, 0.25) is 5.03 Å². The number of quaternary nitrogens is 1. The highest BCUT2D eigenvalue weighted by Crippen LogP contribution is 2.58. The molecule has 3 aliphatic rings. The number of hydrogen-bond acceptors (Lipinski definition) is 10. The van der Waals surface area contributed by atoms with Crippen LogP contribution in [-0.2, 0) is 29.8 Å². The first-order chi connectivity index (χ1) is 12.9. The largest absolute Gasteiger partial charge is 0.748 e. The number of H-pyrrole nitrogens is 1. The lowest BCUT2D eigenvalue weighted by atomic mass is 10.1. The summed E-state index contributed by atoms with van der Waals surface area (Å²) in [5, 5.41) is -0.899. The van der Waals surface area contributed by atoms with E-state index in [1.165, 1.54) is 0 Å². The van der Waals surface area contributed by atoms with Crippen LogP contribution in [0.5, 0.6) is 0 Å². The maximum absolute atomic E-state index is 12.8. The number of rotatable bonds is 4. The van der Waals surface area contributed by atoms with Gasteiger partial charge in [-0.15, -0.1) is 0 Å². The van der Waals surface area contributed by atoms with E-state index in [1.54, 1.807) is 12.3 Å². The van der Waals surface area contributed by atoms with Crippen molar-refractivity contribution in [2.45, 2.75) is 16.8 Å². The topological polar surface area (TPSA) is 160 Å². The SMILES string of the molecule is O=C1/C(=C2\Sc3[nH]ccc3[N+]23CCC3S(=O)(=O)[O-])OC(=S)N1CCS(=O)(=O)[O-]. The Labute approximate surface area is 169 Å². The number of aromatic nitrogens is 1. The zero-order valence-corrected chi connectivity index (χ0v) is 17.1. The molecule has 1 aromatic heterocycles. The number of nitrogens with one attached hydrogen (secondary N) is 1. The van der Waals surface area contributed by atoms with Crippen LogP contribution in [0.1, 0.15) is 6.42 Å². The third-order valence-corrected chi connectivity index (χ3v) is 8.33. The summed E-state index contributed by atoms with van der Waals surface area (Å²) in [6.07, 6.45) is 1.71. The van der Waals surface area contributed by atoms with E-state index < -0.39 is 43.8 Å². The molecule has 1 aromatic rings. The van der Waals surface area contributed by atoms with E-state index in [4.69, 9.17) is 17.0 Å². The molecule has 0 aliphatic carbocycles. The van der Waals surface area contributed by atoms with Crippen LogP contribution in [0.2, 0.25) is 0 Å². The molecule has 2 atom stereocenters. The molecule has 1 spiro atoms. The number of carbonyl (C=O) groups is 1. The lowest BCUT2D eigenvalue weighted by Crippen LogP contribution is -2.67. The Morgan fingerprint density at radius 1 is 1.36 bits per heavy atom. The van der Waals surface area contributed by atoms with Crippen molar-refractivity contribution < 1.29 is 35.5 Å². The lowest BCUT2D eigenvalue weighted by molar-refractivity contribution is -0.122. The number of ether oxygens (including phenoxy) is 1. The summed E-state index contributed by atoms with van der Waals surface area (Å²) in [5.41, 5.74) is 0.533. The summed E-state index contributed by atoms with van der Waals surface area (Å²) in [6.45, 7) is -0.222. The van der Waals surface area contributed by atoms with Crippen molar-refractivity contribution in [2.24, 2.45) is 0 Å². The highest BCUT2D eigenvalue weighted by Gasteiger charge is 2.63. The lowest BCUT2D eigenvalue weighted by Gasteiger charge is -2.49. The molecule has 1 N–H and O–H groups in total. The molecular formula is C13H12N3O8S4-. The van der Waals surface area contributed by atoms with Crippen LogP contribution in [0.25, 0.3) is 0 Å². The van der Waals surface area contributed by atoms with Gasteiger partial charge in [0.25, 0.3) is 10.9 Å². The van der Waals surface area contributed by atoms with Gasteiger partial charge in [0, 0.05) is 18.8 Å². The van der Waals surface area contributed by atoms with Gasteiger partial charge in [0.1, 0.15) is 5.03 Å². The Kier molecular flexibility index (Phi) is 4.42. The average molecular weight is 467 g/mol. The van der Waals surface area contributed by atoms with Crippen molar-refractivity contribution in [3.63, 3.8) is 0 Å². The second kappa shape index (κ2) is 6.25. The molecule has 152 valence electrons. The van der Waals surface area contributed by atoms with Crippen molar-refractivity contribution in [3.05, 3.63) is 23.1 Å². The molecule has 2 unspecified atom stereocenters. The van der Waals surface area contributed by atoms with Gasteiger partial charge in [-0.2, -0.15) is 0 Å². The molecule has 1 amide bonds.